The van der Waals surface area contributed by atoms with E-state index >= 15 is 0 Å². The molecule has 0 amide bonds. The molecule has 25 heavy (non-hydrogen) atoms. The van der Waals surface area contributed by atoms with Gasteiger partial charge < -0.3 is 15.2 Å². The first-order chi connectivity index (χ1) is 12.1. The lowest BCUT2D eigenvalue weighted by Crippen LogP contribution is -2.41. The molecule has 1 aliphatic heterocycles. The summed E-state index contributed by atoms with van der Waals surface area (Å²) < 4.78 is 2.33. The van der Waals surface area contributed by atoms with Crippen LogP contribution >= 0.6 is 0 Å². The lowest BCUT2D eigenvalue weighted by Gasteiger charge is -2.36. The number of hydrogen-bond donors (Lipinski definition) is 1. The number of aromatic nitrogens is 2. The van der Waals surface area contributed by atoms with Crippen LogP contribution in [0.2, 0.25) is 0 Å². The van der Waals surface area contributed by atoms with Gasteiger partial charge >= 0.3 is 0 Å². The average Bonchev–Trinajstić information content (AvgIpc) is 2.96. The Bertz CT molecular complexity index is 740. The lowest BCUT2D eigenvalue weighted by atomic mass is 9.98. The molecule has 0 bridgehead atoms. The number of rotatable bonds is 6. The van der Waals surface area contributed by atoms with E-state index in [2.05, 4.69) is 48.8 Å². The van der Waals surface area contributed by atoms with Gasteiger partial charge in [-0.2, -0.15) is 0 Å². The summed E-state index contributed by atoms with van der Waals surface area (Å²) in [5.74, 6) is 1.09. The summed E-state index contributed by atoms with van der Waals surface area (Å²) in [6.45, 7) is 8.48. The van der Waals surface area contributed by atoms with Crippen molar-refractivity contribution < 1.29 is 0 Å². The van der Waals surface area contributed by atoms with Gasteiger partial charge in [-0.05, 0) is 57.7 Å². The monoisotopic (exact) mass is 339 g/mol. The zero-order valence-corrected chi connectivity index (χ0v) is 15.8. The zero-order valence-electron chi connectivity index (χ0n) is 15.8. The SMILES string of the molecule is CCCC[C@H]1[CH]CCCN1c1nc2ccc(N)cc2n1CC=C(C)C. The van der Waals surface area contributed by atoms with Crippen molar-refractivity contribution in [2.45, 2.75) is 65.5 Å². The predicted molar refractivity (Wildman–Crippen MR) is 108 cm³/mol. The van der Waals surface area contributed by atoms with Crippen molar-refractivity contribution in [1.82, 2.24) is 9.55 Å². The van der Waals surface area contributed by atoms with Crippen molar-refractivity contribution in [2.24, 2.45) is 0 Å². The summed E-state index contributed by atoms with van der Waals surface area (Å²) in [6, 6.07) is 6.54. The standard InChI is InChI=1S/C21H31N4/c1-4-5-8-18-9-6-7-13-24(18)21-23-19-11-10-17(22)15-20(19)25(21)14-12-16(2)3/h9-12,15,18H,4-8,13-14,22H2,1-3H3/t18-/m0/s1. The van der Waals surface area contributed by atoms with Crippen LogP contribution in [-0.2, 0) is 6.54 Å². The number of nitrogens with zero attached hydrogens (tertiary/aromatic N) is 3. The summed E-state index contributed by atoms with van der Waals surface area (Å²) in [5, 5.41) is 0. The molecule has 3 rings (SSSR count). The summed E-state index contributed by atoms with van der Waals surface area (Å²) in [4.78, 5) is 7.51. The number of nitrogen functional groups attached to an aromatic ring is 1. The van der Waals surface area contributed by atoms with Crippen LogP contribution in [0.25, 0.3) is 11.0 Å². The van der Waals surface area contributed by atoms with Crippen LogP contribution in [-0.4, -0.2) is 22.1 Å². The fourth-order valence-corrected chi connectivity index (χ4v) is 3.60. The number of fused-ring (bicyclic) bond motifs is 1. The number of imidazole rings is 1. The largest absolute Gasteiger partial charge is 0.399 e. The van der Waals surface area contributed by atoms with Gasteiger partial charge in [0, 0.05) is 24.8 Å². The first-order valence-electron chi connectivity index (χ1n) is 9.59. The van der Waals surface area contributed by atoms with Gasteiger partial charge in [0.2, 0.25) is 5.95 Å². The smallest absolute Gasteiger partial charge is 0.207 e. The fraction of sp³-hybridized carbons (Fsp3) is 0.524. The highest BCUT2D eigenvalue weighted by Gasteiger charge is 2.26. The molecule has 1 atom stereocenters. The maximum Gasteiger partial charge on any atom is 0.207 e. The van der Waals surface area contributed by atoms with Crippen molar-refractivity contribution in [1.29, 1.82) is 0 Å². The predicted octanol–water partition coefficient (Wildman–Crippen LogP) is 4.95. The van der Waals surface area contributed by atoms with Crippen molar-refractivity contribution in [2.75, 3.05) is 17.2 Å². The van der Waals surface area contributed by atoms with Crippen LogP contribution in [0.1, 0.15) is 52.9 Å². The highest BCUT2D eigenvalue weighted by atomic mass is 15.3. The highest BCUT2D eigenvalue weighted by Crippen LogP contribution is 2.30. The quantitative estimate of drug-likeness (QED) is 0.598. The third-order valence-electron chi connectivity index (χ3n) is 4.99. The fourth-order valence-electron chi connectivity index (χ4n) is 3.60. The Morgan fingerprint density at radius 2 is 2.20 bits per heavy atom. The second kappa shape index (κ2) is 7.94. The Morgan fingerprint density at radius 3 is 2.96 bits per heavy atom. The Balaban J connectivity index is 2.03. The molecule has 1 aliphatic rings. The van der Waals surface area contributed by atoms with Crippen LogP contribution < -0.4 is 10.6 Å². The van der Waals surface area contributed by atoms with E-state index in [4.69, 9.17) is 10.7 Å². The second-order valence-electron chi connectivity index (χ2n) is 7.33. The highest BCUT2D eigenvalue weighted by molar-refractivity contribution is 5.82. The van der Waals surface area contributed by atoms with Crippen LogP contribution in [0.4, 0.5) is 11.6 Å². The molecule has 1 aromatic heterocycles. The summed E-state index contributed by atoms with van der Waals surface area (Å²) in [6.07, 6.45) is 10.9. The minimum absolute atomic E-state index is 0.494. The van der Waals surface area contributed by atoms with E-state index in [-0.39, 0.29) is 0 Å². The number of anilines is 2. The number of benzene rings is 1. The summed E-state index contributed by atoms with van der Waals surface area (Å²) in [5.41, 5.74) is 10.3. The molecule has 1 aromatic carbocycles. The molecule has 2 aromatic rings. The van der Waals surface area contributed by atoms with Gasteiger partial charge in [0.15, 0.2) is 0 Å². The number of allylic oxidation sites excluding steroid dienone is 2. The molecule has 4 nitrogen and oxygen atoms in total. The molecule has 135 valence electrons. The number of piperidine rings is 1. The van der Waals surface area contributed by atoms with Crippen molar-refractivity contribution in [3.8, 4) is 0 Å². The molecular formula is C21H31N4. The Kier molecular flexibility index (Phi) is 5.67. The van der Waals surface area contributed by atoms with Crippen LogP contribution in [0.3, 0.4) is 0 Å². The van der Waals surface area contributed by atoms with Gasteiger partial charge in [-0.25, -0.2) is 4.98 Å². The molecule has 0 aliphatic carbocycles. The maximum absolute atomic E-state index is 6.05. The zero-order chi connectivity index (χ0) is 17.8. The van der Waals surface area contributed by atoms with Gasteiger partial charge in [-0.15, -0.1) is 0 Å². The van der Waals surface area contributed by atoms with E-state index in [0.717, 1.165) is 35.8 Å². The molecule has 2 heterocycles. The van der Waals surface area contributed by atoms with Gasteiger partial charge in [0.05, 0.1) is 11.0 Å². The molecule has 1 saturated heterocycles. The van der Waals surface area contributed by atoms with E-state index in [1.54, 1.807) is 0 Å². The molecule has 0 saturated carbocycles. The Morgan fingerprint density at radius 1 is 1.36 bits per heavy atom. The van der Waals surface area contributed by atoms with E-state index in [0.29, 0.717) is 6.04 Å². The van der Waals surface area contributed by atoms with E-state index < -0.39 is 0 Å². The van der Waals surface area contributed by atoms with Crippen LogP contribution in [0.5, 0.6) is 0 Å². The summed E-state index contributed by atoms with van der Waals surface area (Å²) in [7, 11) is 0. The van der Waals surface area contributed by atoms with Gasteiger partial charge in [0.25, 0.3) is 0 Å². The number of hydrogen-bond acceptors (Lipinski definition) is 3. The summed E-state index contributed by atoms with van der Waals surface area (Å²) >= 11 is 0. The van der Waals surface area contributed by atoms with Gasteiger partial charge in [0.1, 0.15) is 0 Å². The molecule has 0 spiro atoms. The van der Waals surface area contributed by atoms with Crippen molar-refractivity contribution in [3.63, 3.8) is 0 Å². The molecule has 0 unspecified atom stereocenters. The van der Waals surface area contributed by atoms with Gasteiger partial charge in [-0.1, -0.05) is 31.4 Å². The normalized spacial score (nSPS) is 17.9. The first-order valence-corrected chi connectivity index (χ1v) is 9.59. The average molecular weight is 340 g/mol. The molecule has 1 fully saturated rings. The number of unbranched alkanes of at least 4 members (excludes halogenated alkanes) is 1. The Hall–Kier alpha value is -1.97. The van der Waals surface area contributed by atoms with Crippen molar-refractivity contribution in [3.05, 3.63) is 36.3 Å². The molecule has 4 heteroatoms. The second-order valence-corrected chi connectivity index (χ2v) is 7.33. The Labute approximate surface area is 151 Å². The van der Waals surface area contributed by atoms with Crippen molar-refractivity contribution >= 4 is 22.7 Å². The minimum Gasteiger partial charge on any atom is -0.399 e. The third kappa shape index (κ3) is 4.00. The third-order valence-corrected chi connectivity index (χ3v) is 4.99. The molecule has 1 radical (unpaired) electrons. The van der Waals surface area contributed by atoms with Gasteiger partial charge in [-0.3, -0.25) is 0 Å². The minimum atomic E-state index is 0.494. The first kappa shape index (κ1) is 17.8. The van der Waals surface area contributed by atoms with E-state index in [9.17, 15) is 0 Å². The molecule has 2 N–H and O–H groups in total. The lowest BCUT2D eigenvalue weighted by molar-refractivity contribution is 0.494. The van der Waals surface area contributed by atoms with Crippen LogP contribution in [0.15, 0.2) is 29.8 Å². The maximum atomic E-state index is 6.05. The topological polar surface area (TPSA) is 47.1 Å². The molecular weight excluding hydrogens is 308 g/mol. The van der Waals surface area contributed by atoms with E-state index in [1.807, 2.05) is 12.1 Å². The van der Waals surface area contributed by atoms with Crippen LogP contribution in [0, 0.1) is 6.42 Å². The number of nitrogens with two attached hydrogens (primary N) is 1. The van der Waals surface area contributed by atoms with E-state index in [1.165, 1.54) is 37.7 Å².